The number of pyridine rings is 1. The Bertz CT molecular complexity index is 635. The van der Waals surface area contributed by atoms with E-state index in [1.165, 1.54) is 0 Å². The van der Waals surface area contributed by atoms with Gasteiger partial charge in [-0.3, -0.25) is 4.79 Å². The molecule has 3 fully saturated rings. The molecular formula is C17H21F2N3O2. The Hall–Kier alpha value is -1.92. The molecule has 1 aliphatic carbocycles. The molecule has 0 aromatic carbocycles. The van der Waals surface area contributed by atoms with Gasteiger partial charge in [-0.1, -0.05) is 0 Å². The number of aromatic nitrogens is 1. The van der Waals surface area contributed by atoms with Gasteiger partial charge in [0.2, 0.25) is 5.88 Å². The average Bonchev–Trinajstić information content (AvgIpc) is 3.21. The largest absolute Gasteiger partial charge is 0.476 e. The Labute approximate surface area is 139 Å². The SMILES string of the molecule is O=C(c1ccc(N2CC(F)(F)C2)c(OCC2CC2)n1)N1CCCC1. The van der Waals surface area contributed by atoms with Crippen molar-refractivity contribution in [1.82, 2.24) is 9.88 Å². The molecule has 0 spiro atoms. The van der Waals surface area contributed by atoms with Gasteiger partial charge in [-0.05, 0) is 43.7 Å². The Morgan fingerprint density at radius 2 is 1.96 bits per heavy atom. The van der Waals surface area contributed by atoms with Crippen molar-refractivity contribution >= 4 is 11.6 Å². The molecule has 130 valence electrons. The molecule has 1 saturated carbocycles. The van der Waals surface area contributed by atoms with Gasteiger partial charge < -0.3 is 14.5 Å². The summed E-state index contributed by atoms with van der Waals surface area (Å²) in [5.74, 6) is -1.93. The van der Waals surface area contributed by atoms with Crippen molar-refractivity contribution in [3.8, 4) is 5.88 Å². The lowest BCUT2D eigenvalue weighted by atomic mass is 10.1. The fraction of sp³-hybridized carbons (Fsp3) is 0.647. The summed E-state index contributed by atoms with van der Waals surface area (Å²) in [7, 11) is 0. The van der Waals surface area contributed by atoms with E-state index >= 15 is 0 Å². The molecule has 3 heterocycles. The highest BCUT2D eigenvalue weighted by Crippen LogP contribution is 2.38. The second-order valence-electron chi connectivity index (χ2n) is 6.99. The van der Waals surface area contributed by atoms with Gasteiger partial charge in [0, 0.05) is 13.1 Å². The number of carbonyl (C=O) groups excluding carboxylic acids is 1. The summed E-state index contributed by atoms with van der Waals surface area (Å²) in [5, 5.41) is 0. The zero-order chi connectivity index (χ0) is 16.7. The van der Waals surface area contributed by atoms with Gasteiger partial charge in [0.15, 0.2) is 0 Å². The number of halogens is 2. The molecule has 2 saturated heterocycles. The topological polar surface area (TPSA) is 45.7 Å². The van der Waals surface area contributed by atoms with Crippen LogP contribution in [0.2, 0.25) is 0 Å². The highest BCUT2D eigenvalue weighted by Gasteiger charge is 2.45. The van der Waals surface area contributed by atoms with E-state index in [9.17, 15) is 13.6 Å². The van der Waals surface area contributed by atoms with Crippen LogP contribution in [0.5, 0.6) is 5.88 Å². The van der Waals surface area contributed by atoms with Gasteiger partial charge >= 0.3 is 0 Å². The third-order valence-electron chi connectivity index (χ3n) is 4.79. The molecule has 24 heavy (non-hydrogen) atoms. The summed E-state index contributed by atoms with van der Waals surface area (Å²) in [6.07, 6.45) is 4.28. The van der Waals surface area contributed by atoms with Crippen molar-refractivity contribution in [1.29, 1.82) is 0 Å². The lowest BCUT2D eigenvalue weighted by Crippen LogP contribution is -2.56. The number of alkyl halides is 2. The minimum Gasteiger partial charge on any atom is -0.476 e. The summed E-state index contributed by atoms with van der Waals surface area (Å²) in [5.41, 5.74) is 0.887. The molecule has 0 atom stereocenters. The molecular weight excluding hydrogens is 316 g/mol. The van der Waals surface area contributed by atoms with Gasteiger partial charge in [0.1, 0.15) is 11.4 Å². The summed E-state index contributed by atoms with van der Waals surface area (Å²) < 4.78 is 32.1. The molecule has 0 radical (unpaired) electrons. The molecule has 2 aliphatic heterocycles. The lowest BCUT2D eigenvalue weighted by molar-refractivity contribution is -0.0265. The van der Waals surface area contributed by atoms with Crippen LogP contribution in [0.15, 0.2) is 12.1 Å². The molecule has 7 heteroatoms. The normalized spacial score (nSPS) is 22.4. The smallest absolute Gasteiger partial charge is 0.282 e. The second-order valence-corrected chi connectivity index (χ2v) is 6.99. The fourth-order valence-corrected chi connectivity index (χ4v) is 3.15. The minimum absolute atomic E-state index is 0.107. The van der Waals surface area contributed by atoms with E-state index in [0.717, 1.165) is 38.8 Å². The first-order valence-electron chi connectivity index (χ1n) is 8.58. The molecule has 1 aromatic heterocycles. The number of hydrogen-bond donors (Lipinski definition) is 0. The first kappa shape index (κ1) is 15.6. The van der Waals surface area contributed by atoms with Crippen molar-refractivity contribution in [2.24, 2.45) is 5.92 Å². The molecule has 0 N–H and O–H groups in total. The Balaban J connectivity index is 1.55. The van der Waals surface area contributed by atoms with Crippen molar-refractivity contribution in [2.75, 3.05) is 37.7 Å². The summed E-state index contributed by atoms with van der Waals surface area (Å²) >= 11 is 0. The quantitative estimate of drug-likeness (QED) is 0.828. The number of anilines is 1. The lowest BCUT2D eigenvalue weighted by Gasteiger charge is -2.40. The molecule has 0 bridgehead atoms. The van der Waals surface area contributed by atoms with Crippen LogP contribution in [0.25, 0.3) is 0 Å². The summed E-state index contributed by atoms with van der Waals surface area (Å²) in [6.45, 7) is 1.38. The van der Waals surface area contributed by atoms with Gasteiger partial charge in [0.25, 0.3) is 11.8 Å². The third-order valence-corrected chi connectivity index (χ3v) is 4.79. The first-order chi connectivity index (χ1) is 11.5. The maximum atomic E-state index is 13.2. The number of likely N-dealkylation sites (tertiary alicyclic amines) is 1. The zero-order valence-corrected chi connectivity index (χ0v) is 13.5. The van der Waals surface area contributed by atoms with Crippen molar-refractivity contribution in [3.05, 3.63) is 17.8 Å². The van der Waals surface area contributed by atoms with E-state index in [2.05, 4.69) is 4.98 Å². The standard InChI is InChI=1S/C17H21F2N3O2/c18-17(19)10-22(11-17)14-6-5-13(16(23)21-7-1-2-8-21)20-15(14)24-9-12-3-4-12/h5-6,12H,1-4,7-11H2. The molecule has 1 amide bonds. The molecule has 4 rings (SSSR count). The van der Waals surface area contributed by atoms with E-state index in [0.29, 0.717) is 29.8 Å². The monoisotopic (exact) mass is 337 g/mol. The number of hydrogen-bond acceptors (Lipinski definition) is 4. The third kappa shape index (κ3) is 3.16. The van der Waals surface area contributed by atoms with Crippen molar-refractivity contribution < 1.29 is 18.3 Å². The van der Waals surface area contributed by atoms with Crippen LogP contribution in [-0.2, 0) is 0 Å². The number of rotatable bonds is 5. The predicted octanol–water partition coefficient (Wildman–Crippen LogP) is 2.56. The maximum Gasteiger partial charge on any atom is 0.282 e. The van der Waals surface area contributed by atoms with Crippen LogP contribution in [0.4, 0.5) is 14.5 Å². The van der Waals surface area contributed by atoms with Crippen molar-refractivity contribution in [3.63, 3.8) is 0 Å². The number of amides is 1. The fourth-order valence-electron chi connectivity index (χ4n) is 3.15. The van der Waals surface area contributed by atoms with Crippen LogP contribution in [0, 0.1) is 5.92 Å². The Morgan fingerprint density at radius 3 is 2.58 bits per heavy atom. The van der Waals surface area contributed by atoms with Crippen LogP contribution < -0.4 is 9.64 Å². The van der Waals surface area contributed by atoms with Gasteiger partial charge in [-0.25, -0.2) is 13.8 Å². The van der Waals surface area contributed by atoms with Crippen LogP contribution in [0.1, 0.15) is 36.2 Å². The predicted molar refractivity (Wildman–Crippen MR) is 84.8 cm³/mol. The maximum absolute atomic E-state index is 13.2. The zero-order valence-electron chi connectivity index (χ0n) is 13.5. The second kappa shape index (κ2) is 5.86. The summed E-state index contributed by atoms with van der Waals surface area (Å²) in [6, 6.07) is 3.31. The van der Waals surface area contributed by atoms with Crippen molar-refractivity contribution in [2.45, 2.75) is 31.6 Å². The van der Waals surface area contributed by atoms with Crippen LogP contribution in [-0.4, -0.2) is 54.5 Å². The van der Waals surface area contributed by atoms with Crippen LogP contribution >= 0.6 is 0 Å². The molecule has 0 unspecified atom stereocenters. The summed E-state index contributed by atoms with van der Waals surface area (Å²) in [4.78, 5) is 20.2. The minimum atomic E-state index is -2.65. The van der Waals surface area contributed by atoms with Gasteiger partial charge in [-0.15, -0.1) is 0 Å². The van der Waals surface area contributed by atoms with E-state index in [1.807, 2.05) is 0 Å². The first-order valence-corrected chi connectivity index (χ1v) is 8.58. The number of ether oxygens (including phenoxy) is 1. The van der Waals surface area contributed by atoms with E-state index in [4.69, 9.17) is 4.74 Å². The van der Waals surface area contributed by atoms with Gasteiger partial charge in [0.05, 0.1) is 19.7 Å². The molecule has 5 nitrogen and oxygen atoms in total. The highest BCUT2D eigenvalue weighted by atomic mass is 19.3. The average molecular weight is 337 g/mol. The van der Waals surface area contributed by atoms with Gasteiger partial charge in [-0.2, -0.15) is 0 Å². The number of nitrogens with zero attached hydrogens (tertiary/aromatic N) is 3. The Kier molecular flexibility index (Phi) is 3.81. The highest BCUT2D eigenvalue weighted by molar-refractivity contribution is 5.93. The Morgan fingerprint density at radius 1 is 1.25 bits per heavy atom. The molecule has 3 aliphatic rings. The van der Waals surface area contributed by atoms with Crippen LogP contribution in [0.3, 0.4) is 0 Å². The van der Waals surface area contributed by atoms with E-state index in [-0.39, 0.29) is 19.0 Å². The molecule has 1 aromatic rings. The van der Waals surface area contributed by atoms with E-state index < -0.39 is 5.92 Å². The number of carbonyl (C=O) groups is 1. The van der Waals surface area contributed by atoms with E-state index in [1.54, 1.807) is 21.9 Å².